The maximum Gasteiger partial charge on any atom is 0.253 e. The molecule has 0 fully saturated rings. The van der Waals surface area contributed by atoms with E-state index in [1.54, 1.807) is 12.1 Å². The molecule has 2 aromatic rings. The lowest BCUT2D eigenvalue weighted by Gasteiger charge is -2.04. The first kappa shape index (κ1) is 11.4. The molecule has 0 amide bonds. The van der Waals surface area contributed by atoms with Crippen LogP contribution in [0.2, 0.25) is 0 Å². The molecule has 0 radical (unpaired) electrons. The van der Waals surface area contributed by atoms with Crippen LogP contribution in [0.25, 0.3) is 11.1 Å². The summed E-state index contributed by atoms with van der Waals surface area (Å²) in [6, 6.07) is 15.1. The van der Waals surface area contributed by atoms with Gasteiger partial charge in [-0.2, -0.15) is 0 Å². The number of carbonyl (C=O) groups is 1. The Hall–Kier alpha value is -2.04. The molecule has 0 unspecified atom stereocenters. The molecule has 2 heteroatoms. The molecule has 17 heavy (non-hydrogen) atoms. The lowest BCUT2D eigenvalue weighted by atomic mass is 10.00. The minimum Gasteiger partial charge on any atom is -0.276 e. The summed E-state index contributed by atoms with van der Waals surface area (Å²) in [5.74, 6) is 2.48. The summed E-state index contributed by atoms with van der Waals surface area (Å²) in [4.78, 5) is 11.1. The Morgan fingerprint density at radius 2 is 1.76 bits per heavy atom. The highest BCUT2D eigenvalue weighted by atomic mass is 35.5. The van der Waals surface area contributed by atoms with Crippen LogP contribution in [0.3, 0.4) is 0 Å². The van der Waals surface area contributed by atoms with Crippen LogP contribution in [0.4, 0.5) is 0 Å². The Morgan fingerprint density at radius 1 is 1.06 bits per heavy atom. The van der Waals surface area contributed by atoms with E-state index in [4.69, 9.17) is 18.0 Å². The van der Waals surface area contributed by atoms with Gasteiger partial charge in [0.25, 0.3) is 5.24 Å². The molecular formula is C15H9ClO. The van der Waals surface area contributed by atoms with Crippen LogP contribution in [-0.2, 0) is 0 Å². The van der Waals surface area contributed by atoms with Gasteiger partial charge in [-0.25, -0.2) is 0 Å². The van der Waals surface area contributed by atoms with Gasteiger partial charge in [0, 0.05) is 11.1 Å². The second-order valence-electron chi connectivity index (χ2n) is 3.54. The van der Waals surface area contributed by atoms with Gasteiger partial charge in [-0.15, -0.1) is 6.42 Å². The second-order valence-corrected chi connectivity index (χ2v) is 3.89. The maximum absolute atomic E-state index is 11.1. The van der Waals surface area contributed by atoms with Gasteiger partial charge in [0.15, 0.2) is 0 Å². The molecule has 2 aromatic carbocycles. The number of rotatable bonds is 2. The third-order valence-electron chi connectivity index (χ3n) is 2.49. The van der Waals surface area contributed by atoms with E-state index < -0.39 is 5.24 Å². The van der Waals surface area contributed by atoms with E-state index in [2.05, 4.69) is 5.92 Å². The molecule has 0 spiro atoms. The predicted molar refractivity (Wildman–Crippen MR) is 70.0 cm³/mol. The molecule has 0 saturated heterocycles. The van der Waals surface area contributed by atoms with Crippen molar-refractivity contribution in [1.82, 2.24) is 0 Å². The van der Waals surface area contributed by atoms with Crippen molar-refractivity contribution in [3.8, 4) is 23.5 Å². The van der Waals surface area contributed by atoms with Gasteiger partial charge in [0.1, 0.15) is 0 Å². The van der Waals surface area contributed by atoms with Gasteiger partial charge in [-0.3, -0.25) is 4.79 Å². The van der Waals surface area contributed by atoms with Crippen LogP contribution in [0.15, 0.2) is 48.5 Å². The molecule has 0 aliphatic carbocycles. The van der Waals surface area contributed by atoms with Crippen molar-refractivity contribution in [2.75, 3.05) is 0 Å². The summed E-state index contributed by atoms with van der Waals surface area (Å²) in [7, 11) is 0. The van der Waals surface area contributed by atoms with Crippen molar-refractivity contribution in [3.63, 3.8) is 0 Å². The molecule has 0 aliphatic rings. The highest BCUT2D eigenvalue weighted by Gasteiger charge is 2.08. The smallest absolute Gasteiger partial charge is 0.253 e. The van der Waals surface area contributed by atoms with Crippen LogP contribution in [0, 0.1) is 12.3 Å². The maximum atomic E-state index is 11.1. The molecule has 82 valence electrons. The Bertz CT molecular complexity index is 594. The summed E-state index contributed by atoms with van der Waals surface area (Å²) < 4.78 is 0. The van der Waals surface area contributed by atoms with E-state index in [-0.39, 0.29) is 0 Å². The highest BCUT2D eigenvalue weighted by molar-refractivity contribution is 6.68. The van der Waals surface area contributed by atoms with Crippen LogP contribution in [-0.4, -0.2) is 5.24 Å². The van der Waals surface area contributed by atoms with Crippen LogP contribution < -0.4 is 0 Å². The monoisotopic (exact) mass is 240 g/mol. The van der Waals surface area contributed by atoms with Crippen LogP contribution >= 0.6 is 11.6 Å². The molecule has 0 aliphatic heterocycles. The molecule has 0 saturated carbocycles. The van der Waals surface area contributed by atoms with E-state index in [0.29, 0.717) is 11.1 Å². The van der Waals surface area contributed by atoms with E-state index in [9.17, 15) is 4.79 Å². The summed E-state index contributed by atoms with van der Waals surface area (Å²) in [5, 5.41) is -0.530. The van der Waals surface area contributed by atoms with E-state index in [0.717, 1.165) is 11.1 Å². The van der Waals surface area contributed by atoms with Crippen molar-refractivity contribution >= 4 is 16.8 Å². The fourth-order valence-corrected chi connectivity index (χ4v) is 1.81. The molecule has 0 N–H and O–H groups in total. The zero-order valence-corrected chi connectivity index (χ0v) is 9.74. The molecular weight excluding hydrogens is 232 g/mol. The summed E-state index contributed by atoms with van der Waals surface area (Å²) >= 11 is 5.45. The van der Waals surface area contributed by atoms with E-state index in [1.165, 1.54) is 0 Å². The summed E-state index contributed by atoms with van der Waals surface area (Å²) in [6.45, 7) is 0. The first-order chi connectivity index (χ1) is 8.22. The van der Waals surface area contributed by atoms with Crippen molar-refractivity contribution in [3.05, 3.63) is 59.7 Å². The van der Waals surface area contributed by atoms with E-state index >= 15 is 0 Å². The number of benzene rings is 2. The van der Waals surface area contributed by atoms with Gasteiger partial charge in [0.05, 0.1) is 0 Å². The first-order valence-electron chi connectivity index (χ1n) is 5.08. The predicted octanol–water partition coefficient (Wildman–Crippen LogP) is 3.71. The Morgan fingerprint density at radius 3 is 2.35 bits per heavy atom. The van der Waals surface area contributed by atoms with Crippen molar-refractivity contribution < 1.29 is 4.79 Å². The Balaban J connectivity index is 2.54. The van der Waals surface area contributed by atoms with Gasteiger partial charge in [-0.05, 0) is 34.9 Å². The largest absolute Gasteiger partial charge is 0.276 e. The third-order valence-corrected chi connectivity index (χ3v) is 2.70. The van der Waals surface area contributed by atoms with Gasteiger partial charge in [-0.1, -0.05) is 42.3 Å². The minimum atomic E-state index is -0.530. The van der Waals surface area contributed by atoms with Gasteiger partial charge < -0.3 is 0 Å². The fraction of sp³-hybridized carbons (Fsp3) is 0. The zero-order valence-electron chi connectivity index (χ0n) is 8.98. The van der Waals surface area contributed by atoms with Gasteiger partial charge >= 0.3 is 0 Å². The topological polar surface area (TPSA) is 17.1 Å². The molecule has 1 nitrogen and oxygen atoms in total. The average Bonchev–Trinajstić information content (AvgIpc) is 2.39. The van der Waals surface area contributed by atoms with Crippen molar-refractivity contribution in [2.45, 2.75) is 0 Å². The normalized spacial score (nSPS) is 9.65. The number of terminal acetylenes is 1. The van der Waals surface area contributed by atoms with E-state index in [1.807, 2.05) is 36.4 Å². The highest BCUT2D eigenvalue weighted by Crippen LogP contribution is 2.22. The molecule has 0 aromatic heterocycles. The quantitative estimate of drug-likeness (QED) is 0.578. The molecule has 0 atom stereocenters. The Kier molecular flexibility index (Phi) is 3.27. The second kappa shape index (κ2) is 4.86. The summed E-state index contributed by atoms with van der Waals surface area (Å²) in [6.07, 6.45) is 5.37. The number of halogens is 1. The Labute approximate surface area is 105 Å². The number of hydrogen-bond donors (Lipinski definition) is 0. The zero-order chi connectivity index (χ0) is 12.3. The van der Waals surface area contributed by atoms with Crippen LogP contribution in [0.5, 0.6) is 0 Å². The number of hydrogen-bond acceptors (Lipinski definition) is 1. The minimum absolute atomic E-state index is 0.369. The SMILES string of the molecule is C#Cc1cc(-c2ccccc2)ccc1C(=O)Cl. The average molecular weight is 241 g/mol. The van der Waals surface area contributed by atoms with Crippen molar-refractivity contribution in [1.29, 1.82) is 0 Å². The first-order valence-corrected chi connectivity index (χ1v) is 5.46. The fourth-order valence-electron chi connectivity index (χ4n) is 1.65. The molecule has 0 bridgehead atoms. The lowest BCUT2D eigenvalue weighted by molar-refractivity contribution is 0.108. The third kappa shape index (κ3) is 2.38. The number of carbonyl (C=O) groups excluding carboxylic acids is 1. The lowest BCUT2D eigenvalue weighted by Crippen LogP contribution is -1.94. The molecule has 0 heterocycles. The molecule has 2 rings (SSSR count). The van der Waals surface area contributed by atoms with Crippen molar-refractivity contribution in [2.24, 2.45) is 0 Å². The van der Waals surface area contributed by atoms with Crippen LogP contribution in [0.1, 0.15) is 15.9 Å². The standard InChI is InChI=1S/C15H9ClO/c1-2-11-10-13(8-9-14(11)15(16)17)12-6-4-3-5-7-12/h1,3-10H. The van der Waals surface area contributed by atoms with Gasteiger partial charge in [0.2, 0.25) is 0 Å². The summed E-state index contributed by atoms with van der Waals surface area (Å²) in [5.41, 5.74) is 2.91.